The molecular weight excluding hydrogens is 370 g/mol. The van der Waals surface area contributed by atoms with E-state index in [0.717, 1.165) is 74.9 Å². The Labute approximate surface area is 170 Å². The largest absolute Gasteiger partial charge is 0.338 e. The maximum absolute atomic E-state index is 13.1. The first-order chi connectivity index (χ1) is 13.8. The molecule has 0 radical (unpaired) electrons. The lowest BCUT2D eigenvalue weighted by molar-refractivity contribution is 0.0715. The minimum atomic E-state index is 0.239. The molecule has 2 aromatic heterocycles. The number of hydrogen-bond acceptors (Lipinski definition) is 5. The maximum atomic E-state index is 13.1. The quantitative estimate of drug-likeness (QED) is 0.843. The van der Waals surface area contributed by atoms with Gasteiger partial charge in [0.1, 0.15) is 11.6 Å². The van der Waals surface area contributed by atoms with Gasteiger partial charge in [0.25, 0.3) is 5.91 Å². The van der Waals surface area contributed by atoms with Crippen molar-refractivity contribution < 1.29 is 4.79 Å². The molecule has 1 fully saturated rings. The van der Waals surface area contributed by atoms with E-state index in [1.807, 2.05) is 0 Å². The average molecular weight is 400 g/mol. The number of likely N-dealkylation sites (tertiary alicyclic amines) is 1. The van der Waals surface area contributed by atoms with Gasteiger partial charge in [-0.25, -0.2) is 0 Å². The lowest BCUT2D eigenvalue weighted by Gasteiger charge is -2.31. The van der Waals surface area contributed by atoms with Crippen molar-refractivity contribution in [2.75, 3.05) is 19.6 Å². The van der Waals surface area contributed by atoms with E-state index in [0.29, 0.717) is 5.92 Å². The van der Waals surface area contributed by atoms with Crippen molar-refractivity contribution >= 4 is 17.2 Å². The van der Waals surface area contributed by atoms with E-state index in [1.165, 1.54) is 36.1 Å². The van der Waals surface area contributed by atoms with Gasteiger partial charge in [0.05, 0.1) is 11.4 Å². The summed E-state index contributed by atoms with van der Waals surface area (Å²) in [6, 6.07) is 2.20. The monoisotopic (exact) mass is 399 g/mol. The number of aryl methyl sites for hydroxylation is 2. The van der Waals surface area contributed by atoms with Crippen LogP contribution < -0.4 is 5.32 Å². The minimum absolute atomic E-state index is 0.239. The standard InChI is InChI=1S/C21H29N5OS/c27-21(18-13-16-5-3-1-2-4-6-17(16)28-18)25-10-7-15(8-11-25)20-24-23-19-14-22-9-12-26(19)20/h13,15,22H,1-12,14H2. The molecule has 150 valence electrons. The molecule has 0 atom stereocenters. The van der Waals surface area contributed by atoms with Gasteiger partial charge in [-0.1, -0.05) is 12.8 Å². The molecule has 0 unspecified atom stereocenters. The summed E-state index contributed by atoms with van der Waals surface area (Å²) in [6.07, 6.45) is 9.47. The highest BCUT2D eigenvalue weighted by atomic mass is 32.1. The number of nitrogens with one attached hydrogen (secondary N) is 1. The van der Waals surface area contributed by atoms with Gasteiger partial charge < -0.3 is 14.8 Å². The van der Waals surface area contributed by atoms with Crippen LogP contribution in [-0.2, 0) is 25.9 Å². The Hall–Kier alpha value is -1.73. The van der Waals surface area contributed by atoms with E-state index in [1.54, 1.807) is 11.3 Å². The highest BCUT2D eigenvalue weighted by Gasteiger charge is 2.30. The number of carbonyl (C=O) groups excluding carboxylic acids is 1. The zero-order chi connectivity index (χ0) is 18.9. The van der Waals surface area contributed by atoms with Crippen LogP contribution >= 0.6 is 11.3 Å². The third-order valence-electron chi connectivity index (χ3n) is 6.51. The molecule has 7 heteroatoms. The first kappa shape index (κ1) is 18.3. The van der Waals surface area contributed by atoms with Gasteiger partial charge in [-0.3, -0.25) is 4.79 Å². The Kier molecular flexibility index (Phi) is 5.20. The van der Waals surface area contributed by atoms with Gasteiger partial charge in [-0.2, -0.15) is 0 Å². The van der Waals surface area contributed by atoms with Crippen molar-refractivity contribution in [1.29, 1.82) is 0 Å². The lowest BCUT2D eigenvalue weighted by atomic mass is 9.95. The SMILES string of the molecule is O=C(c1cc2c(s1)CCCCCC2)N1CCC(c2nnc3n2CCNC3)CC1. The predicted molar refractivity (Wildman–Crippen MR) is 110 cm³/mol. The molecule has 5 rings (SSSR count). The zero-order valence-corrected chi connectivity index (χ0v) is 17.3. The number of rotatable bonds is 2. The van der Waals surface area contributed by atoms with Crippen LogP contribution in [0.2, 0.25) is 0 Å². The average Bonchev–Trinajstić information content (AvgIpc) is 3.32. The number of thiophene rings is 1. The van der Waals surface area contributed by atoms with Crippen LogP contribution in [0.25, 0.3) is 0 Å². The van der Waals surface area contributed by atoms with Crippen molar-refractivity contribution in [3.8, 4) is 0 Å². The second-order valence-electron chi connectivity index (χ2n) is 8.34. The fourth-order valence-corrected chi connectivity index (χ4v) is 6.08. The first-order valence-electron chi connectivity index (χ1n) is 10.8. The molecule has 0 spiro atoms. The summed E-state index contributed by atoms with van der Waals surface area (Å²) >= 11 is 1.75. The van der Waals surface area contributed by atoms with Crippen molar-refractivity contribution in [2.24, 2.45) is 0 Å². The summed E-state index contributed by atoms with van der Waals surface area (Å²) in [5.41, 5.74) is 1.44. The molecule has 2 aliphatic heterocycles. The highest BCUT2D eigenvalue weighted by molar-refractivity contribution is 7.14. The van der Waals surface area contributed by atoms with E-state index in [2.05, 4.69) is 31.0 Å². The normalized spacial score (nSPS) is 20.9. The number of carbonyl (C=O) groups is 1. The number of hydrogen-bond donors (Lipinski definition) is 1. The van der Waals surface area contributed by atoms with Gasteiger partial charge in [-0.15, -0.1) is 21.5 Å². The Balaban J connectivity index is 1.25. The molecule has 2 aromatic rings. The van der Waals surface area contributed by atoms with Gasteiger partial charge in [-0.05, 0) is 50.2 Å². The smallest absolute Gasteiger partial charge is 0.263 e. The van der Waals surface area contributed by atoms with Crippen molar-refractivity contribution in [3.63, 3.8) is 0 Å². The number of aromatic nitrogens is 3. The molecule has 1 N–H and O–H groups in total. The lowest BCUT2D eigenvalue weighted by Crippen LogP contribution is -2.38. The van der Waals surface area contributed by atoms with Crippen LogP contribution in [0.5, 0.6) is 0 Å². The van der Waals surface area contributed by atoms with Crippen LogP contribution in [0.1, 0.15) is 76.2 Å². The molecule has 0 aromatic carbocycles. The fraction of sp³-hybridized carbons (Fsp3) is 0.667. The molecule has 1 saturated heterocycles. The summed E-state index contributed by atoms with van der Waals surface area (Å²) in [5.74, 6) is 2.84. The summed E-state index contributed by atoms with van der Waals surface area (Å²) in [6.45, 7) is 4.41. The maximum Gasteiger partial charge on any atom is 0.263 e. The summed E-state index contributed by atoms with van der Waals surface area (Å²) in [4.78, 5) is 17.6. The first-order valence-corrected chi connectivity index (χ1v) is 11.6. The minimum Gasteiger partial charge on any atom is -0.338 e. The number of piperidine rings is 1. The van der Waals surface area contributed by atoms with E-state index < -0.39 is 0 Å². The number of amides is 1. The fourth-order valence-electron chi connectivity index (χ4n) is 4.86. The van der Waals surface area contributed by atoms with Gasteiger partial charge in [0, 0.05) is 37.0 Å². The zero-order valence-electron chi connectivity index (χ0n) is 16.5. The van der Waals surface area contributed by atoms with Gasteiger partial charge in [0.15, 0.2) is 0 Å². The number of fused-ring (bicyclic) bond motifs is 2. The number of nitrogens with zero attached hydrogens (tertiary/aromatic N) is 4. The van der Waals surface area contributed by atoms with Crippen LogP contribution in [0.4, 0.5) is 0 Å². The Bertz CT molecular complexity index is 824. The van der Waals surface area contributed by atoms with Crippen molar-refractivity contribution in [3.05, 3.63) is 33.0 Å². The van der Waals surface area contributed by atoms with E-state index in [9.17, 15) is 4.79 Å². The van der Waals surface area contributed by atoms with E-state index in [-0.39, 0.29) is 5.91 Å². The van der Waals surface area contributed by atoms with E-state index in [4.69, 9.17) is 0 Å². The third kappa shape index (κ3) is 3.50. The molecular formula is C21H29N5OS. The van der Waals surface area contributed by atoms with Crippen LogP contribution in [0.15, 0.2) is 6.07 Å². The van der Waals surface area contributed by atoms with E-state index >= 15 is 0 Å². The molecule has 4 heterocycles. The molecule has 1 aliphatic carbocycles. The van der Waals surface area contributed by atoms with Crippen molar-refractivity contribution in [1.82, 2.24) is 25.0 Å². The summed E-state index contributed by atoms with van der Waals surface area (Å²) < 4.78 is 2.29. The predicted octanol–water partition coefficient (Wildman–Crippen LogP) is 3.12. The Morgan fingerprint density at radius 3 is 2.75 bits per heavy atom. The van der Waals surface area contributed by atoms with Gasteiger partial charge >= 0.3 is 0 Å². The van der Waals surface area contributed by atoms with Crippen molar-refractivity contribution in [2.45, 2.75) is 70.4 Å². The Morgan fingerprint density at radius 2 is 1.89 bits per heavy atom. The summed E-state index contributed by atoms with van der Waals surface area (Å²) in [5, 5.41) is 12.2. The highest BCUT2D eigenvalue weighted by Crippen LogP contribution is 2.32. The molecule has 0 bridgehead atoms. The van der Waals surface area contributed by atoms with Crippen LogP contribution in [0.3, 0.4) is 0 Å². The Morgan fingerprint density at radius 1 is 1.07 bits per heavy atom. The van der Waals surface area contributed by atoms with Crippen LogP contribution in [0, 0.1) is 0 Å². The topological polar surface area (TPSA) is 63.1 Å². The molecule has 6 nitrogen and oxygen atoms in total. The second-order valence-corrected chi connectivity index (χ2v) is 9.48. The molecule has 0 saturated carbocycles. The van der Waals surface area contributed by atoms with Gasteiger partial charge in [0.2, 0.25) is 0 Å². The molecule has 3 aliphatic rings. The summed E-state index contributed by atoms with van der Waals surface area (Å²) in [7, 11) is 0. The molecule has 1 amide bonds. The van der Waals surface area contributed by atoms with Crippen LogP contribution in [-0.4, -0.2) is 45.2 Å². The molecule has 28 heavy (non-hydrogen) atoms. The third-order valence-corrected chi connectivity index (χ3v) is 7.73. The second kappa shape index (κ2) is 7.95.